The number of anilines is 4. The van der Waals surface area contributed by atoms with Crippen LogP contribution >= 0.6 is 0 Å². The Kier molecular flexibility index (Phi) is 6.82. The Hall–Kier alpha value is -4.27. The summed E-state index contributed by atoms with van der Waals surface area (Å²) in [4.78, 5) is 47.1. The third-order valence-electron chi connectivity index (χ3n) is 5.30. The van der Waals surface area contributed by atoms with Crippen molar-refractivity contribution in [3.8, 4) is 0 Å². The predicted molar refractivity (Wildman–Crippen MR) is 130 cm³/mol. The van der Waals surface area contributed by atoms with Gasteiger partial charge in [0.15, 0.2) is 0 Å². The quantitative estimate of drug-likeness (QED) is 0.415. The van der Waals surface area contributed by atoms with E-state index in [9.17, 15) is 14.4 Å². The van der Waals surface area contributed by atoms with Crippen LogP contribution < -0.4 is 16.0 Å². The van der Waals surface area contributed by atoms with Crippen molar-refractivity contribution in [3.05, 3.63) is 71.5 Å². The number of aryl methyl sites for hydroxylation is 1. The molecule has 34 heavy (non-hydrogen) atoms. The van der Waals surface area contributed by atoms with E-state index in [0.29, 0.717) is 34.9 Å². The van der Waals surface area contributed by atoms with Gasteiger partial charge in [-0.05, 0) is 56.7 Å². The van der Waals surface area contributed by atoms with E-state index in [1.807, 2.05) is 32.0 Å². The van der Waals surface area contributed by atoms with Gasteiger partial charge in [-0.25, -0.2) is 9.97 Å². The number of hydrogen-bond acceptors (Lipinski definition) is 7. The van der Waals surface area contributed by atoms with Crippen LogP contribution in [0, 0.1) is 6.92 Å². The van der Waals surface area contributed by atoms with Crippen LogP contribution in [0.1, 0.15) is 46.3 Å². The summed E-state index contributed by atoms with van der Waals surface area (Å²) in [6.07, 6.45) is 0.582. The fourth-order valence-corrected chi connectivity index (χ4v) is 3.75. The van der Waals surface area contributed by atoms with Crippen molar-refractivity contribution < 1.29 is 14.4 Å². The third-order valence-corrected chi connectivity index (χ3v) is 5.30. The van der Waals surface area contributed by atoms with Gasteiger partial charge in [-0.3, -0.25) is 19.3 Å². The number of fused-ring (bicyclic) bond motifs is 1. The molecule has 0 atom stereocenters. The highest BCUT2D eigenvalue weighted by molar-refractivity contribution is 6.21. The van der Waals surface area contributed by atoms with Crippen LogP contribution in [-0.4, -0.2) is 45.7 Å². The number of amides is 3. The normalized spacial score (nSPS) is 12.5. The number of carbonyl (C=O) groups is 3. The lowest BCUT2D eigenvalue weighted by atomic mass is 10.1. The number of hydrogen-bond donors (Lipinski definition) is 3. The zero-order valence-corrected chi connectivity index (χ0v) is 19.1. The summed E-state index contributed by atoms with van der Waals surface area (Å²) in [5, 5.41) is 9.24. The van der Waals surface area contributed by atoms with Gasteiger partial charge in [-0.2, -0.15) is 0 Å². The highest BCUT2D eigenvalue weighted by Gasteiger charge is 2.34. The van der Waals surface area contributed by atoms with E-state index in [-0.39, 0.29) is 30.7 Å². The molecule has 3 N–H and O–H groups in total. The van der Waals surface area contributed by atoms with Crippen molar-refractivity contribution in [1.82, 2.24) is 14.9 Å². The highest BCUT2D eigenvalue weighted by Crippen LogP contribution is 2.23. The molecule has 0 saturated heterocycles. The van der Waals surface area contributed by atoms with Crippen LogP contribution in [-0.2, 0) is 4.79 Å². The maximum Gasteiger partial charge on any atom is 0.261 e. The number of benzene rings is 2. The first kappa shape index (κ1) is 22.9. The molecule has 2 heterocycles. The fourth-order valence-electron chi connectivity index (χ4n) is 3.75. The van der Waals surface area contributed by atoms with E-state index in [1.54, 1.807) is 36.4 Å². The lowest BCUT2D eigenvalue weighted by molar-refractivity contribution is -0.116. The number of rotatable bonds is 9. The predicted octanol–water partition coefficient (Wildman–Crippen LogP) is 3.98. The fraction of sp³-hybridized carbons (Fsp3) is 0.240. The summed E-state index contributed by atoms with van der Waals surface area (Å²) in [5.74, 6) is 1.29. The zero-order valence-electron chi connectivity index (χ0n) is 19.1. The molecule has 0 saturated carbocycles. The number of imide groups is 1. The third kappa shape index (κ3) is 5.20. The first-order valence-electron chi connectivity index (χ1n) is 11.2. The second-order valence-corrected chi connectivity index (χ2v) is 7.88. The maximum atomic E-state index is 12.4. The molecule has 4 rings (SSSR count). The van der Waals surface area contributed by atoms with Gasteiger partial charge in [0.1, 0.15) is 17.5 Å². The molecule has 1 aliphatic heterocycles. The van der Waals surface area contributed by atoms with E-state index in [0.717, 1.165) is 18.1 Å². The second kappa shape index (κ2) is 10.1. The average molecular weight is 459 g/mol. The number of nitrogens with one attached hydrogen (secondary N) is 3. The second-order valence-electron chi connectivity index (χ2n) is 7.88. The number of aromatic nitrogens is 2. The monoisotopic (exact) mass is 458 g/mol. The lowest BCUT2D eigenvalue weighted by Crippen LogP contribution is -2.31. The molecular formula is C25H26N6O3. The minimum Gasteiger partial charge on any atom is -0.370 e. The first-order chi connectivity index (χ1) is 16.4. The summed E-state index contributed by atoms with van der Waals surface area (Å²) in [6.45, 7) is 4.81. The van der Waals surface area contributed by atoms with Gasteiger partial charge in [0, 0.05) is 37.0 Å². The van der Waals surface area contributed by atoms with Gasteiger partial charge in [-0.1, -0.05) is 12.1 Å². The Morgan fingerprint density at radius 2 is 1.53 bits per heavy atom. The largest absolute Gasteiger partial charge is 0.370 e. The van der Waals surface area contributed by atoms with Gasteiger partial charge in [0.25, 0.3) is 11.8 Å². The van der Waals surface area contributed by atoms with Crippen molar-refractivity contribution in [1.29, 1.82) is 0 Å². The van der Waals surface area contributed by atoms with E-state index >= 15 is 0 Å². The molecule has 3 aromatic rings. The van der Waals surface area contributed by atoms with Crippen LogP contribution in [0.2, 0.25) is 0 Å². The Morgan fingerprint density at radius 3 is 2.18 bits per heavy atom. The number of carbonyl (C=O) groups excluding carboxylic acids is 3. The van der Waals surface area contributed by atoms with Gasteiger partial charge < -0.3 is 16.0 Å². The summed E-state index contributed by atoms with van der Waals surface area (Å²) < 4.78 is 0. The molecule has 0 unspecified atom stereocenters. The zero-order chi connectivity index (χ0) is 24.1. The van der Waals surface area contributed by atoms with Crippen LogP contribution in [0.15, 0.2) is 54.6 Å². The SMILES string of the molecule is CCNc1cc(Nc2ccc(NC(=O)CCCN3C(=O)c4ccccc4C3=O)cc2)nc(C)n1. The van der Waals surface area contributed by atoms with E-state index in [4.69, 9.17) is 0 Å². The topological polar surface area (TPSA) is 116 Å². The van der Waals surface area contributed by atoms with Crippen molar-refractivity contribution in [2.24, 2.45) is 0 Å². The molecule has 9 heteroatoms. The Bertz CT molecular complexity index is 1190. The molecule has 0 fully saturated rings. The van der Waals surface area contributed by atoms with Gasteiger partial charge in [0.2, 0.25) is 5.91 Å². The highest BCUT2D eigenvalue weighted by atomic mass is 16.2. The van der Waals surface area contributed by atoms with Crippen molar-refractivity contribution >= 4 is 40.7 Å². The van der Waals surface area contributed by atoms with Gasteiger partial charge in [-0.15, -0.1) is 0 Å². The average Bonchev–Trinajstić information content (AvgIpc) is 3.05. The summed E-state index contributed by atoms with van der Waals surface area (Å²) in [5.41, 5.74) is 2.31. The lowest BCUT2D eigenvalue weighted by Gasteiger charge is -2.13. The molecule has 0 bridgehead atoms. The Balaban J connectivity index is 1.27. The van der Waals surface area contributed by atoms with Gasteiger partial charge in [0.05, 0.1) is 11.1 Å². The number of nitrogens with zero attached hydrogens (tertiary/aromatic N) is 3. The van der Waals surface area contributed by atoms with E-state index in [1.165, 1.54) is 4.90 Å². The van der Waals surface area contributed by atoms with Crippen LogP contribution in [0.5, 0.6) is 0 Å². The summed E-state index contributed by atoms with van der Waals surface area (Å²) >= 11 is 0. The first-order valence-corrected chi connectivity index (χ1v) is 11.2. The molecule has 0 spiro atoms. The minimum atomic E-state index is -0.305. The molecule has 3 amide bonds. The standard InChI is InChI=1S/C25H26N6O3/c1-3-26-21-15-22(28-16(2)27-21)29-17-10-12-18(13-11-17)30-23(32)9-6-14-31-24(33)19-7-4-5-8-20(19)25(31)34/h4-5,7-8,10-13,15H,3,6,9,14H2,1-2H3,(H,30,32)(H2,26,27,28,29). The molecule has 0 aliphatic carbocycles. The van der Waals surface area contributed by atoms with Crippen molar-refractivity contribution in [3.63, 3.8) is 0 Å². The Labute approximate surface area is 197 Å². The maximum absolute atomic E-state index is 12.4. The molecule has 2 aromatic carbocycles. The smallest absolute Gasteiger partial charge is 0.261 e. The van der Waals surface area contributed by atoms with Crippen molar-refractivity contribution in [2.75, 3.05) is 29.0 Å². The van der Waals surface area contributed by atoms with Gasteiger partial charge >= 0.3 is 0 Å². The molecule has 1 aliphatic rings. The molecule has 9 nitrogen and oxygen atoms in total. The van der Waals surface area contributed by atoms with E-state index in [2.05, 4.69) is 25.9 Å². The summed E-state index contributed by atoms with van der Waals surface area (Å²) in [6, 6.07) is 15.9. The molecular weight excluding hydrogens is 432 g/mol. The van der Waals surface area contributed by atoms with Crippen molar-refractivity contribution in [2.45, 2.75) is 26.7 Å². The molecule has 0 radical (unpaired) electrons. The molecule has 174 valence electrons. The minimum absolute atomic E-state index is 0.181. The Morgan fingerprint density at radius 1 is 0.912 bits per heavy atom. The molecule has 1 aromatic heterocycles. The van der Waals surface area contributed by atoms with Crippen LogP contribution in [0.25, 0.3) is 0 Å². The van der Waals surface area contributed by atoms with Crippen LogP contribution in [0.3, 0.4) is 0 Å². The summed E-state index contributed by atoms with van der Waals surface area (Å²) in [7, 11) is 0. The van der Waals surface area contributed by atoms with Crippen LogP contribution in [0.4, 0.5) is 23.0 Å². The van der Waals surface area contributed by atoms with E-state index < -0.39 is 0 Å².